The van der Waals surface area contributed by atoms with Crippen molar-refractivity contribution in [2.45, 2.75) is 50.7 Å². The third-order valence-electron chi connectivity index (χ3n) is 5.36. The number of aromatic nitrogens is 4. The Labute approximate surface area is 151 Å². The number of carbonyl (C=O) groups is 2. The summed E-state index contributed by atoms with van der Waals surface area (Å²) in [6.07, 6.45) is 8.23. The van der Waals surface area contributed by atoms with E-state index < -0.39 is 0 Å². The molecule has 136 valence electrons. The minimum absolute atomic E-state index is 0.0340. The van der Waals surface area contributed by atoms with Gasteiger partial charge in [0.1, 0.15) is 11.4 Å². The molecule has 2 saturated heterocycles. The fraction of sp³-hybridized carbons (Fsp3) is 0.500. The molecule has 2 atom stereocenters. The number of hydrogen-bond acceptors (Lipinski definition) is 5. The maximum Gasteiger partial charge on any atom is 0.272 e. The van der Waals surface area contributed by atoms with Crippen molar-refractivity contribution in [3.63, 3.8) is 0 Å². The predicted octanol–water partition coefficient (Wildman–Crippen LogP) is 1.08. The van der Waals surface area contributed by atoms with E-state index in [4.69, 9.17) is 0 Å². The average Bonchev–Trinajstić information content (AvgIpc) is 3.16. The first-order valence-electron chi connectivity index (χ1n) is 8.93. The maximum atomic E-state index is 12.9. The van der Waals surface area contributed by atoms with Crippen molar-refractivity contribution in [1.29, 1.82) is 0 Å². The second-order valence-electron chi connectivity index (χ2n) is 7.12. The summed E-state index contributed by atoms with van der Waals surface area (Å²) in [6.45, 7) is 1.83. The number of rotatable bonds is 3. The summed E-state index contributed by atoms with van der Waals surface area (Å²) in [7, 11) is 1.78. The van der Waals surface area contributed by atoms with Crippen LogP contribution < -0.4 is 5.32 Å². The summed E-state index contributed by atoms with van der Waals surface area (Å²) in [5, 5.41) is 7.16. The minimum Gasteiger partial charge on any atom is -0.348 e. The highest BCUT2D eigenvalue weighted by atomic mass is 16.2. The lowest BCUT2D eigenvalue weighted by atomic mass is 9.96. The molecule has 2 bridgehead atoms. The molecule has 2 aromatic heterocycles. The largest absolute Gasteiger partial charge is 0.348 e. The summed E-state index contributed by atoms with van der Waals surface area (Å²) < 4.78 is 1.62. The van der Waals surface area contributed by atoms with Gasteiger partial charge in [-0.25, -0.2) is 4.98 Å². The van der Waals surface area contributed by atoms with E-state index in [0.717, 1.165) is 31.4 Å². The molecule has 0 radical (unpaired) electrons. The number of aryl methyl sites for hydroxylation is 2. The monoisotopic (exact) mass is 354 g/mol. The number of nitrogens with one attached hydrogen (secondary N) is 1. The van der Waals surface area contributed by atoms with E-state index in [-0.39, 0.29) is 29.9 Å². The van der Waals surface area contributed by atoms with Gasteiger partial charge in [-0.1, -0.05) is 0 Å². The maximum absolute atomic E-state index is 12.9. The molecule has 26 heavy (non-hydrogen) atoms. The van der Waals surface area contributed by atoms with Gasteiger partial charge in [0.05, 0.1) is 11.9 Å². The molecule has 0 aromatic carbocycles. The van der Waals surface area contributed by atoms with Gasteiger partial charge < -0.3 is 10.2 Å². The van der Waals surface area contributed by atoms with E-state index in [9.17, 15) is 9.59 Å². The highest BCUT2D eigenvalue weighted by molar-refractivity contribution is 5.93. The molecule has 1 N–H and O–H groups in total. The average molecular weight is 354 g/mol. The molecule has 2 aliphatic heterocycles. The van der Waals surface area contributed by atoms with Crippen LogP contribution in [0.5, 0.6) is 0 Å². The van der Waals surface area contributed by atoms with Crippen molar-refractivity contribution < 1.29 is 9.59 Å². The van der Waals surface area contributed by atoms with Crippen molar-refractivity contribution in [1.82, 2.24) is 30.0 Å². The van der Waals surface area contributed by atoms with E-state index in [2.05, 4.69) is 20.4 Å². The molecule has 4 rings (SSSR count). The van der Waals surface area contributed by atoms with Crippen LogP contribution >= 0.6 is 0 Å². The summed E-state index contributed by atoms with van der Waals surface area (Å²) in [5.41, 5.74) is 1.72. The quantitative estimate of drug-likeness (QED) is 0.890. The first-order chi connectivity index (χ1) is 12.5. The lowest BCUT2D eigenvalue weighted by molar-refractivity contribution is 0.0538. The van der Waals surface area contributed by atoms with Gasteiger partial charge in [0, 0.05) is 37.6 Å². The zero-order valence-electron chi connectivity index (χ0n) is 14.9. The van der Waals surface area contributed by atoms with E-state index in [1.807, 2.05) is 11.8 Å². The van der Waals surface area contributed by atoms with Crippen LogP contribution in [0.15, 0.2) is 24.7 Å². The molecule has 0 spiro atoms. The molecule has 2 aromatic rings. The van der Waals surface area contributed by atoms with Gasteiger partial charge in [-0.3, -0.25) is 19.3 Å². The van der Waals surface area contributed by atoms with Crippen LogP contribution in [-0.2, 0) is 7.05 Å². The molecular weight excluding hydrogens is 332 g/mol. The fourth-order valence-electron chi connectivity index (χ4n) is 4.11. The molecule has 2 aliphatic rings. The number of carbonyl (C=O) groups excluding carboxylic acids is 2. The van der Waals surface area contributed by atoms with Crippen LogP contribution in [0.4, 0.5) is 0 Å². The van der Waals surface area contributed by atoms with Crippen molar-refractivity contribution in [2.24, 2.45) is 7.05 Å². The van der Waals surface area contributed by atoms with Gasteiger partial charge in [-0.2, -0.15) is 5.10 Å². The Morgan fingerprint density at radius 1 is 1.15 bits per heavy atom. The molecule has 2 fully saturated rings. The van der Waals surface area contributed by atoms with E-state index in [1.165, 1.54) is 6.20 Å². The van der Waals surface area contributed by atoms with Crippen LogP contribution in [-0.4, -0.2) is 54.6 Å². The first kappa shape index (κ1) is 16.7. The van der Waals surface area contributed by atoms with E-state index in [1.54, 1.807) is 30.2 Å². The molecule has 2 unspecified atom stereocenters. The molecule has 8 nitrogen and oxygen atoms in total. The number of amides is 2. The zero-order valence-corrected chi connectivity index (χ0v) is 14.9. The van der Waals surface area contributed by atoms with Crippen molar-refractivity contribution in [3.05, 3.63) is 41.7 Å². The molecule has 2 amide bonds. The van der Waals surface area contributed by atoms with Crippen molar-refractivity contribution in [3.8, 4) is 0 Å². The number of hydrogen-bond donors (Lipinski definition) is 1. The smallest absolute Gasteiger partial charge is 0.272 e. The number of piperidine rings is 1. The second-order valence-corrected chi connectivity index (χ2v) is 7.12. The Morgan fingerprint density at radius 3 is 2.46 bits per heavy atom. The Balaban J connectivity index is 1.43. The predicted molar refractivity (Wildman–Crippen MR) is 93.4 cm³/mol. The zero-order chi connectivity index (χ0) is 18.3. The molecule has 0 saturated carbocycles. The molecule has 8 heteroatoms. The van der Waals surface area contributed by atoms with Crippen LogP contribution in [0.1, 0.15) is 52.4 Å². The van der Waals surface area contributed by atoms with Crippen LogP contribution in [0, 0.1) is 6.92 Å². The fourth-order valence-corrected chi connectivity index (χ4v) is 4.11. The van der Waals surface area contributed by atoms with Gasteiger partial charge in [-0.15, -0.1) is 0 Å². The Bertz CT molecular complexity index is 816. The molecular formula is C18H22N6O2. The normalized spacial score (nSPS) is 24.5. The summed E-state index contributed by atoms with van der Waals surface area (Å²) in [4.78, 5) is 35.5. The standard InChI is InChI=1S/C18H22N6O2/c1-11-9-20-15(10-19-11)17(25)22-12-7-13-3-4-14(8-12)24(13)18(26)16-5-6-21-23(16)2/h5-6,9-10,12-14H,3-4,7-8H2,1-2H3,(H,22,25). The molecule has 0 aliphatic carbocycles. The van der Waals surface area contributed by atoms with Crippen molar-refractivity contribution >= 4 is 11.8 Å². The molecule has 4 heterocycles. The Morgan fingerprint density at radius 2 is 1.88 bits per heavy atom. The summed E-state index contributed by atoms with van der Waals surface area (Å²) in [5.74, 6) is -0.167. The van der Waals surface area contributed by atoms with Gasteiger partial charge >= 0.3 is 0 Å². The Hall–Kier alpha value is -2.77. The lowest BCUT2D eigenvalue weighted by Crippen LogP contribution is -2.52. The van der Waals surface area contributed by atoms with Crippen LogP contribution in [0.25, 0.3) is 0 Å². The van der Waals surface area contributed by atoms with Gasteiger partial charge in [0.15, 0.2) is 0 Å². The number of fused-ring (bicyclic) bond motifs is 2. The minimum atomic E-state index is -0.201. The highest BCUT2D eigenvalue weighted by Gasteiger charge is 2.44. The van der Waals surface area contributed by atoms with Crippen molar-refractivity contribution in [2.75, 3.05) is 0 Å². The SMILES string of the molecule is Cc1cnc(C(=O)NC2CC3CCC(C2)N3C(=O)c2ccnn2C)cn1. The summed E-state index contributed by atoms with van der Waals surface area (Å²) >= 11 is 0. The van der Waals surface area contributed by atoms with Gasteiger partial charge in [0.25, 0.3) is 11.8 Å². The van der Waals surface area contributed by atoms with Gasteiger partial charge in [-0.05, 0) is 38.7 Å². The lowest BCUT2D eigenvalue weighted by Gasteiger charge is -2.39. The first-order valence-corrected chi connectivity index (χ1v) is 8.93. The second kappa shape index (κ2) is 6.51. The number of nitrogens with zero attached hydrogens (tertiary/aromatic N) is 5. The van der Waals surface area contributed by atoms with E-state index in [0.29, 0.717) is 11.4 Å². The summed E-state index contributed by atoms with van der Waals surface area (Å²) in [6, 6.07) is 2.13. The van der Waals surface area contributed by atoms with Crippen LogP contribution in [0.2, 0.25) is 0 Å². The Kier molecular flexibility index (Phi) is 4.18. The van der Waals surface area contributed by atoms with E-state index >= 15 is 0 Å². The third kappa shape index (κ3) is 2.95. The topological polar surface area (TPSA) is 93.0 Å². The van der Waals surface area contributed by atoms with Gasteiger partial charge in [0.2, 0.25) is 0 Å². The third-order valence-corrected chi connectivity index (χ3v) is 5.36. The van der Waals surface area contributed by atoms with Crippen LogP contribution in [0.3, 0.4) is 0 Å². The highest BCUT2D eigenvalue weighted by Crippen LogP contribution is 2.36.